The number of aromatic nitrogens is 4. The fourth-order valence-electron chi connectivity index (χ4n) is 2.83. The van der Waals surface area contributed by atoms with E-state index in [-0.39, 0.29) is 0 Å². The number of hydrogen-bond acceptors (Lipinski definition) is 9. The van der Waals surface area contributed by atoms with E-state index in [2.05, 4.69) is 25.4 Å². The molecule has 9 heteroatoms. The molecule has 3 aromatic heterocycles. The van der Waals surface area contributed by atoms with Crippen LogP contribution in [0.2, 0.25) is 0 Å². The van der Waals surface area contributed by atoms with Gasteiger partial charge in [-0.1, -0.05) is 17.3 Å². The van der Waals surface area contributed by atoms with Crippen molar-refractivity contribution in [2.75, 3.05) is 26.1 Å². The second kappa shape index (κ2) is 8.70. The van der Waals surface area contributed by atoms with Gasteiger partial charge in [0, 0.05) is 12.7 Å². The lowest BCUT2D eigenvalue weighted by atomic mass is 10.1. The number of rotatable bonds is 8. The standard InChI is InChI=1S/C20H19N5O3S/c1-26-15-6-5-13(10-16(15)27-2)7-8-22-18-14(11-21-12-23-18)20-24-19(25-28-20)17-4-3-9-29-17/h3-6,9-12H,7-8H2,1-2H3,(H,21,22,23). The monoisotopic (exact) mass is 409 g/mol. The van der Waals surface area contributed by atoms with Crippen LogP contribution in [0.25, 0.3) is 22.2 Å². The predicted octanol–water partition coefficient (Wildman–Crippen LogP) is 3.93. The summed E-state index contributed by atoms with van der Waals surface area (Å²) in [6.45, 7) is 0.658. The lowest BCUT2D eigenvalue weighted by Crippen LogP contribution is -2.08. The van der Waals surface area contributed by atoms with Crippen LogP contribution < -0.4 is 14.8 Å². The van der Waals surface area contributed by atoms with Gasteiger partial charge < -0.3 is 19.3 Å². The van der Waals surface area contributed by atoms with Crippen LogP contribution in [0.3, 0.4) is 0 Å². The van der Waals surface area contributed by atoms with Crippen LogP contribution in [-0.2, 0) is 6.42 Å². The van der Waals surface area contributed by atoms with Gasteiger partial charge in [-0.05, 0) is 35.6 Å². The first-order valence-corrected chi connectivity index (χ1v) is 9.79. The van der Waals surface area contributed by atoms with Crippen molar-refractivity contribution in [2.45, 2.75) is 6.42 Å². The molecule has 0 aliphatic heterocycles. The zero-order valence-electron chi connectivity index (χ0n) is 16.0. The Morgan fingerprint density at radius 2 is 2.03 bits per heavy atom. The second-order valence-electron chi connectivity index (χ2n) is 6.05. The molecule has 1 N–H and O–H groups in total. The van der Waals surface area contributed by atoms with E-state index in [0.29, 0.717) is 41.1 Å². The van der Waals surface area contributed by atoms with E-state index in [1.807, 2.05) is 35.7 Å². The van der Waals surface area contributed by atoms with E-state index < -0.39 is 0 Å². The van der Waals surface area contributed by atoms with Crippen molar-refractivity contribution in [3.05, 3.63) is 53.8 Å². The Hall–Kier alpha value is -3.46. The second-order valence-corrected chi connectivity index (χ2v) is 7.00. The fraction of sp³-hybridized carbons (Fsp3) is 0.200. The van der Waals surface area contributed by atoms with Crippen LogP contribution in [-0.4, -0.2) is 40.9 Å². The Morgan fingerprint density at radius 3 is 2.83 bits per heavy atom. The summed E-state index contributed by atoms with van der Waals surface area (Å²) in [5.41, 5.74) is 1.78. The van der Waals surface area contributed by atoms with Gasteiger partial charge in [0.15, 0.2) is 11.5 Å². The number of nitrogens with one attached hydrogen (secondary N) is 1. The molecule has 0 bridgehead atoms. The smallest absolute Gasteiger partial charge is 0.263 e. The van der Waals surface area contributed by atoms with Gasteiger partial charge in [0.25, 0.3) is 5.89 Å². The lowest BCUT2D eigenvalue weighted by Gasteiger charge is -2.11. The summed E-state index contributed by atoms with van der Waals surface area (Å²) >= 11 is 1.55. The average molecular weight is 409 g/mol. The van der Waals surface area contributed by atoms with Crippen molar-refractivity contribution >= 4 is 17.2 Å². The van der Waals surface area contributed by atoms with Crippen LogP contribution in [0.4, 0.5) is 5.82 Å². The molecule has 0 saturated carbocycles. The van der Waals surface area contributed by atoms with E-state index in [1.165, 1.54) is 6.33 Å². The molecule has 4 aromatic rings. The van der Waals surface area contributed by atoms with E-state index in [9.17, 15) is 0 Å². The van der Waals surface area contributed by atoms with Crippen molar-refractivity contribution in [3.63, 3.8) is 0 Å². The summed E-state index contributed by atoms with van der Waals surface area (Å²) in [5, 5.41) is 9.35. The number of benzene rings is 1. The molecule has 1 aromatic carbocycles. The van der Waals surface area contributed by atoms with Gasteiger partial charge >= 0.3 is 0 Å². The third-order valence-corrected chi connectivity index (χ3v) is 5.13. The van der Waals surface area contributed by atoms with Gasteiger partial charge in [0.1, 0.15) is 17.7 Å². The molecular weight excluding hydrogens is 390 g/mol. The van der Waals surface area contributed by atoms with Crippen molar-refractivity contribution in [3.8, 4) is 33.7 Å². The average Bonchev–Trinajstić information content (AvgIpc) is 3.46. The van der Waals surface area contributed by atoms with E-state index in [0.717, 1.165) is 16.9 Å². The quantitative estimate of drug-likeness (QED) is 0.468. The topological polar surface area (TPSA) is 95.2 Å². The molecule has 29 heavy (non-hydrogen) atoms. The van der Waals surface area contributed by atoms with Crippen LogP contribution in [0, 0.1) is 0 Å². The maximum absolute atomic E-state index is 5.43. The number of ether oxygens (including phenoxy) is 2. The summed E-state index contributed by atoms with van der Waals surface area (Å²) in [4.78, 5) is 13.8. The SMILES string of the molecule is COc1ccc(CCNc2ncncc2-c2nc(-c3cccs3)no2)cc1OC. The molecule has 0 fully saturated rings. The van der Waals surface area contributed by atoms with Crippen LogP contribution in [0.15, 0.2) is 52.8 Å². The number of anilines is 1. The maximum atomic E-state index is 5.43. The molecule has 148 valence electrons. The van der Waals surface area contributed by atoms with Crippen molar-refractivity contribution in [1.29, 1.82) is 0 Å². The zero-order valence-corrected chi connectivity index (χ0v) is 16.8. The summed E-state index contributed by atoms with van der Waals surface area (Å²) in [6.07, 6.45) is 3.92. The minimum atomic E-state index is 0.377. The highest BCUT2D eigenvalue weighted by molar-refractivity contribution is 7.13. The summed E-state index contributed by atoms with van der Waals surface area (Å²) in [7, 11) is 3.25. The molecule has 0 saturated heterocycles. The highest BCUT2D eigenvalue weighted by atomic mass is 32.1. The molecule has 4 rings (SSSR count). The third kappa shape index (κ3) is 4.19. The van der Waals surface area contributed by atoms with Crippen molar-refractivity contribution in [1.82, 2.24) is 20.1 Å². The Labute approximate surface area is 171 Å². The van der Waals surface area contributed by atoms with Gasteiger partial charge in [0.05, 0.1) is 19.1 Å². The fourth-order valence-corrected chi connectivity index (χ4v) is 3.48. The van der Waals surface area contributed by atoms with Crippen LogP contribution in [0.5, 0.6) is 11.5 Å². The molecule has 0 unspecified atom stereocenters. The minimum absolute atomic E-state index is 0.377. The van der Waals surface area contributed by atoms with Gasteiger partial charge in [-0.15, -0.1) is 11.3 Å². The Kier molecular flexibility index (Phi) is 5.66. The van der Waals surface area contributed by atoms with Gasteiger partial charge in [-0.25, -0.2) is 9.97 Å². The summed E-state index contributed by atoms with van der Waals surface area (Å²) < 4.78 is 16.1. The number of nitrogens with zero attached hydrogens (tertiary/aromatic N) is 4. The Bertz CT molecular complexity index is 1080. The minimum Gasteiger partial charge on any atom is -0.493 e. The van der Waals surface area contributed by atoms with Crippen molar-refractivity contribution < 1.29 is 14.0 Å². The molecule has 0 amide bonds. The molecule has 3 heterocycles. The number of hydrogen-bond donors (Lipinski definition) is 1. The van der Waals surface area contributed by atoms with Crippen molar-refractivity contribution in [2.24, 2.45) is 0 Å². The molecular formula is C20H19N5O3S. The number of thiophene rings is 1. The van der Waals surface area contributed by atoms with Crippen LogP contribution >= 0.6 is 11.3 Å². The molecule has 0 aliphatic rings. The summed E-state index contributed by atoms with van der Waals surface area (Å²) in [5.74, 6) is 2.99. The molecule has 8 nitrogen and oxygen atoms in total. The largest absolute Gasteiger partial charge is 0.493 e. The Morgan fingerprint density at radius 1 is 1.14 bits per heavy atom. The van der Waals surface area contributed by atoms with E-state index >= 15 is 0 Å². The highest BCUT2D eigenvalue weighted by Crippen LogP contribution is 2.29. The van der Waals surface area contributed by atoms with E-state index in [1.54, 1.807) is 31.8 Å². The van der Waals surface area contributed by atoms with Gasteiger partial charge in [0.2, 0.25) is 5.82 Å². The number of methoxy groups -OCH3 is 2. The lowest BCUT2D eigenvalue weighted by molar-refractivity contribution is 0.354. The molecule has 0 aliphatic carbocycles. The van der Waals surface area contributed by atoms with Crippen LogP contribution in [0.1, 0.15) is 5.56 Å². The third-order valence-electron chi connectivity index (χ3n) is 4.26. The first-order chi connectivity index (χ1) is 14.3. The van der Waals surface area contributed by atoms with Gasteiger partial charge in [-0.2, -0.15) is 4.98 Å². The molecule has 0 radical (unpaired) electrons. The molecule has 0 spiro atoms. The van der Waals surface area contributed by atoms with E-state index in [4.69, 9.17) is 14.0 Å². The maximum Gasteiger partial charge on any atom is 0.263 e. The first kappa shape index (κ1) is 18.9. The highest BCUT2D eigenvalue weighted by Gasteiger charge is 2.16. The Balaban J connectivity index is 1.47. The normalized spacial score (nSPS) is 10.7. The van der Waals surface area contributed by atoms with Gasteiger partial charge in [-0.3, -0.25) is 0 Å². The zero-order chi connectivity index (χ0) is 20.1. The first-order valence-electron chi connectivity index (χ1n) is 8.91. The summed E-state index contributed by atoms with van der Waals surface area (Å²) in [6, 6.07) is 9.77. The molecule has 0 atom stereocenters. The predicted molar refractivity (Wildman–Crippen MR) is 110 cm³/mol.